The quantitative estimate of drug-likeness (QED) is 0.837. The molecule has 5 heteroatoms. The molecule has 0 saturated carbocycles. The standard InChI is InChI=1S/C13H24N2O3/c1-4-6-10(2)14(3)13(18)15-8-5-7-11(9-15)12(16)17/h10-11H,4-9H2,1-3H3,(H,16,17). The molecule has 5 nitrogen and oxygen atoms in total. The van der Waals surface area contributed by atoms with E-state index < -0.39 is 11.9 Å². The molecule has 104 valence electrons. The van der Waals surface area contributed by atoms with Crippen LogP contribution in [0, 0.1) is 5.92 Å². The molecule has 1 rings (SSSR count). The number of hydrogen-bond donors (Lipinski definition) is 1. The lowest BCUT2D eigenvalue weighted by atomic mass is 9.98. The highest BCUT2D eigenvalue weighted by atomic mass is 16.4. The number of piperidine rings is 1. The highest BCUT2D eigenvalue weighted by molar-refractivity contribution is 5.76. The zero-order valence-electron chi connectivity index (χ0n) is 11.6. The van der Waals surface area contributed by atoms with Crippen molar-refractivity contribution < 1.29 is 14.7 Å². The van der Waals surface area contributed by atoms with Crippen LogP contribution in [0.25, 0.3) is 0 Å². The van der Waals surface area contributed by atoms with Gasteiger partial charge in [0.05, 0.1) is 5.92 Å². The van der Waals surface area contributed by atoms with Crippen LogP contribution in [0.15, 0.2) is 0 Å². The third-order valence-corrected chi connectivity index (χ3v) is 3.71. The molecule has 1 aliphatic rings. The summed E-state index contributed by atoms with van der Waals surface area (Å²) in [6.07, 6.45) is 3.46. The van der Waals surface area contributed by atoms with Gasteiger partial charge in [0.2, 0.25) is 0 Å². The van der Waals surface area contributed by atoms with Crippen LogP contribution in [0.5, 0.6) is 0 Å². The Labute approximate surface area is 109 Å². The van der Waals surface area contributed by atoms with Gasteiger partial charge in [0.15, 0.2) is 0 Å². The molecule has 2 unspecified atom stereocenters. The van der Waals surface area contributed by atoms with Crippen molar-refractivity contribution in [1.82, 2.24) is 9.80 Å². The summed E-state index contributed by atoms with van der Waals surface area (Å²) in [6.45, 7) is 5.14. The van der Waals surface area contributed by atoms with Gasteiger partial charge in [-0.25, -0.2) is 4.79 Å². The number of urea groups is 1. The van der Waals surface area contributed by atoms with E-state index in [1.165, 1.54) is 0 Å². The first-order valence-corrected chi connectivity index (χ1v) is 6.71. The topological polar surface area (TPSA) is 60.9 Å². The highest BCUT2D eigenvalue weighted by Crippen LogP contribution is 2.18. The van der Waals surface area contributed by atoms with E-state index in [9.17, 15) is 9.59 Å². The number of nitrogens with zero attached hydrogens (tertiary/aromatic N) is 2. The number of amides is 2. The number of carboxylic acids is 1. The van der Waals surface area contributed by atoms with Crippen molar-refractivity contribution in [1.29, 1.82) is 0 Å². The van der Waals surface area contributed by atoms with E-state index in [1.807, 2.05) is 6.92 Å². The Morgan fingerprint density at radius 3 is 2.72 bits per heavy atom. The molecule has 2 atom stereocenters. The molecule has 2 amide bonds. The largest absolute Gasteiger partial charge is 0.481 e. The second kappa shape index (κ2) is 6.61. The minimum absolute atomic E-state index is 0.0399. The molecular formula is C13H24N2O3. The van der Waals surface area contributed by atoms with E-state index in [-0.39, 0.29) is 12.1 Å². The fourth-order valence-corrected chi connectivity index (χ4v) is 2.38. The number of carboxylic acid groups (broad SMARTS) is 1. The van der Waals surface area contributed by atoms with Crippen molar-refractivity contribution in [2.24, 2.45) is 5.92 Å². The Morgan fingerprint density at radius 1 is 1.50 bits per heavy atom. The lowest BCUT2D eigenvalue weighted by molar-refractivity contribution is -0.143. The van der Waals surface area contributed by atoms with Gasteiger partial charge in [0.1, 0.15) is 0 Å². The molecule has 1 N–H and O–H groups in total. The second-order valence-corrected chi connectivity index (χ2v) is 5.15. The van der Waals surface area contributed by atoms with E-state index in [4.69, 9.17) is 5.11 Å². The van der Waals surface area contributed by atoms with Crippen LogP contribution in [0.4, 0.5) is 4.79 Å². The molecule has 0 radical (unpaired) electrons. The molecule has 0 aromatic heterocycles. The van der Waals surface area contributed by atoms with Gasteiger partial charge < -0.3 is 14.9 Å². The average Bonchev–Trinajstić information content (AvgIpc) is 2.37. The first-order chi connectivity index (χ1) is 8.47. The van der Waals surface area contributed by atoms with Crippen LogP contribution < -0.4 is 0 Å². The molecule has 1 saturated heterocycles. The smallest absolute Gasteiger partial charge is 0.320 e. The monoisotopic (exact) mass is 256 g/mol. The summed E-state index contributed by atoms with van der Waals surface area (Å²) in [4.78, 5) is 26.6. The van der Waals surface area contributed by atoms with Gasteiger partial charge in [0, 0.05) is 26.2 Å². The van der Waals surface area contributed by atoms with E-state index in [0.29, 0.717) is 19.5 Å². The lowest BCUT2D eigenvalue weighted by Gasteiger charge is -2.36. The summed E-state index contributed by atoms with van der Waals surface area (Å²) in [6, 6.07) is 0.162. The predicted octanol–water partition coefficient (Wildman–Crippen LogP) is 2.02. The number of rotatable bonds is 4. The zero-order chi connectivity index (χ0) is 13.7. The molecule has 0 aromatic carbocycles. The first-order valence-electron chi connectivity index (χ1n) is 6.71. The number of hydrogen-bond acceptors (Lipinski definition) is 2. The van der Waals surface area contributed by atoms with Crippen molar-refractivity contribution in [2.75, 3.05) is 20.1 Å². The van der Waals surface area contributed by atoms with Crippen LogP contribution in [0.1, 0.15) is 39.5 Å². The van der Waals surface area contributed by atoms with E-state index in [0.717, 1.165) is 19.3 Å². The summed E-state index contributed by atoms with van der Waals surface area (Å²) in [7, 11) is 1.80. The molecule has 18 heavy (non-hydrogen) atoms. The third kappa shape index (κ3) is 3.62. The summed E-state index contributed by atoms with van der Waals surface area (Å²) in [5.41, 5.74) is 0. The fraction of sp³-hybridized carbons (Fsp3) is 0.846. The lowest BCUT2D eigenvalue weighted by Crippen LogP contribution is -2.49. The molecule has 1 aliphatic heterocycles. The van der Waals surface area contributed by atoms with Crippen molar-refractivity contribution >= 4 is 12.0 Å². The van der Waals surface area contributed by atoms with Crippen LogP contribution in [-0.2, 0) is 4.79 Å². The van der Waals surface area contributed by atoms with Gasteiger partial charge in [-0.05, 0) is 26.2 Å². The number of likely N-dealkylation sites (tertiary alicyclic amines) is 1. The molecule has 0 spiro atoms. The van der Waals surface area contributed by atoms with Gasteiger partial charge in [-0.1, -0.05) is 13.3 Å². The molecule has 0 aromatic rings. The summed E-state index contributed by atoms with van der Waals surface area (Å²) < 4.78 is 0. The van der Waals surface area contributed by atoms with Gasteiger partial charge in [-0.15, -0.1) is 0 Å². The Balaban J connectivity index is 2.57. The van der Waals surface area contributed by atoms with Crippen LogP contribution in [-0.4, -0.2) is 53.1 Å². The van der Waals surface area contributed by atoms with Gasteiger partial charge in [-0.2, -0.15) is 0 Å². The fourth-order valence-electron chi connectivity index (χ4n) is 2.38. The third-order valence-electron chi connectivity index (χ3n) is 3.71. The van der Waals surface area contributed by atoms with E-state index >= 15 is 0 Å². The maximum Gasteiger partial charge on any atom is 0.320 e. The molecule has 1 heterocycles. The SMILES string of the molecule is CCCC(C)N(C)C(=O)N1CCCC(C(=O)O)C1. The van der Waals surface area contributed by atoms with E-state index in [1.54, 1.807) is 16.8 Å². The summed E-state index contributed by atoms with van der Waals surface area (Å²) >= 11 is 0. The summed E-state index contributed by atoms with van der Waals surface area (Å²) in [5, 5.41) is 9.02. The normalized spacial score (nSPS) is 21.5. The average molecular weight is 256 g/mol. The summed E-state index contributed by atoms with van der Waals surface area (Å²) in [5.74, 6) is -1.20. The van der Waals surface area contributed by atoms with Crippen molar-refractivity contribution in [2.45, 2.75) is 45.6 Å². The maximum absolute atomic E-state index is 12.2. The molecule has 1 fully saturated rings. The van der Waals surface area contributed by atoms with Crippen molar-refractivity contribution in [3.8, 4) is 0 Å². The molecular weight excluding hydrogens is 232 g/mol. The van der Waals surface area contributed by atoms with E-state index in [2.05, 4.69) is 6.92 Å². The van der Waals surface area contributed by atoms with Crippen molar-refractivity contribution in [3.05, 3.63) is 0 Å². The number of aliphatic carboxylic acids is 1. The van der Waals surface area contributed by atoms with Gasteiger partial charge in [0.25, 0.3) is 0 Å². The van der Waals surface area contributed by atoms with Gasteiger partial charge >= 0.3 is 12.0 Å². The van der Waals surface area contributed by atoms with Crippen LogP contribution >= 0.6 is 0 Å². The van der Waals surface area contributed by atoms with Gasteiger partial charge in [-0.3, -0.25) is 4.79 Å². The Kier molecular flexibility index (Phi) is 5.44. The predicted molar refractivity (Wildman–Crippen MR) is 69.5 cm³/mol. The molecule has 0 aliphatic carbocycles. The second-order valence-electron chi connectivity index (χ2n) is 5.15. The molecule has 0 bridgehead atoms. The Morgan fingerprint density at radius 2 is 2.17 bits per heavy atom. The Bertz CT molecular complexity index is 307. The van der Waals surface area contributed by atoms with Crippen LogP contribution in [0.2, 0.25) is 0 Å². The van der Waals surface area contributed by atoms with Crippen molar-refractivity contribution in [3.63, 3.8) is 0 Å². The minimum atomic E-state index is -0.795. The maximum atomic E-state index is 12.2. The first kappa shape index (κ1) is 14.8. The number of carbonyl (C=O) groups excluding carboxylic acids is 1. The number of carbonyl (C=O) groups is 2. The highest BCUT2D eigenvalue weighted by Gasteiger charge is 2.30. The zero-order valence-corrected chi connectivity index (χ0v) is 11.6. The van der Waals surface area contributed by atoms with Crippen LogP contribution in [0.3, 0.4) is 0 Å². The minimum Gasteiger partial charge on any atom is -0.481 e. The Hall–Kier alpha value is -1.26.